The summed E-state index contributed by atoms with van der Waals surface area (Å²) < 4.78 is 11.1. The number of methoxy groups -OCH3 is 1. The number of nitrogens with one attached hydrogen (secondary N) is 1. The van der Waals surface area contributed by atoms with Gasteiger partial charge in [0.1, 0.15) is 0 Å². The minimum absolute atomic E-state index is 0.0726. The van der Waals surface area contributed by atoms with Gasteiger partial charge < -0.3 is 14.8 Å². The highest BCUT2D eigenvalue weighted by molar-refractivity contribution is 5.95. The lowest BCUT2D eigenvalue weighted by molar-refractivity contribution is 0.0939. The van der Waals surface area contributed by atoms with Gasteiger partial charge in [-0.1, -0.05) is 38.1 Å². The van der Waals surface area contributed by atoms with Gasteiger partial charge in [0.05, 0.1) is 19.8 Å². The highest BCUT2D eigenvalue weighted by Gasteiger charge is 2.15. The van der Waals surface area contributed by atoms with E-state index < -0.39 is 0 Å². The van der Waals surface area contributed by atoms with E-state index in [1.807, 2.05) is 38.1 Å². The van der Waals surface area contributed by atoms with Crippen LogP contribution in [0.4, 0.5) is 0 Å². The Labute approximate surface area is 150 Å². The largest absolute Gasteiger partial charge is 0.493 e. The van der Waals surface area contributed by atoms with Gasteiger partial charge in [-0.05, 0) is 49.1 Å². The average molecular weight is 341 g/mol. The van der Waals surface area contributed by atoms with Gasteiger partial charge in [-0.3, -0.25) is 4.79 Å². The van der Waals surface area contributed by atoms with Crippen molar-refractivity contribution in [1.29, 1.82) is 0 Å². The van der Waals surface area contributed by atoms with Crippen LogP contribution in [0.25, 0.3) is 0 Å². The number of amides is 1. The third-order valence-corrected chi connectivity index (χ3v) is 4.00. The monoisotopic (exact) mass is 341 g/mol. The lowest BCUT2D eigenvalue weighted by atomic mass is 10.0. The maximum Gasteiger partial charge on any atom is 0.251 e. The predicted molar refractivity (Wildman–Crippen MR) is 100 cm³/mol. The molecule has 0 aliphatic heterocycles. The summed E-state index contributed by atoms with van der Waals surface area (Å²) in [7, 11) is 1.58. The molecule has 25 heavy (non-hydrogen) atoms. The van der Waals surface area contributed by atoms with Gasteiger partial charge in [-0.2, -0.15) is 0 Å². The van der Waals surface area contributed by atoms with E-state index in [0.717, 1.165) is 11.1 Å². The van der Waals surface area contributed by atoms with E-state index in [1.165, 1.54) is 0 Å². The van der Waals surface area contributed by atoms with E-state index in [1.54, 1.807) is 25.3 Å². The fourth-order valence-corrected chi connectivity index (χ4v) is 2.61. The first kappa shape index (κ1) is 18.8. The number of hydrogen-bond acceptors (Lipinski definition) is 3. The van der Waals surface area contributed by atoms with E-state index in [4.69, 9.17) is 9.47 Å². The SMILES string of the molecule is COc1cc(C(=O)NC(C)c2ccccc2C)ccc1OCC(C)C. The van der Waals surface area contributed by atoms with Crippen molar-refractivity contribution in [2.24, 2.45) is 5.92 Å². The van der Waals surface area contributed by atoms with Crippen LogP contribution in [0.1, 0.15) is 48.3 Å². The summed E-state index contributed by atoms with van der Waals surface area (Å²) in [6.45, 7) is 8.80. The van der Waals surface area contributed by atoms with Gasteiger partial charge in [0.15, 0.2) is 11.5 Å². The Hall–Kier alpha value is -2.49. The molecule has 0 bridgehead atoms. The van der Waals surface area contributed by atoms with Crippen LogP contribution in [-0.2, 0) is 0 Å². The van der Waals surface area contributed by atoms with Crippen molar-refractivity contribution in [1.82, 2.24) is 5.32 Å². The van der Waals surface area contributed by atoms with Crippen molar-refractivity contribution in [3.05, 3.63) is 59.2 Å². The molecule has 2 rings (SSSR count). The van der Waals surface area contributed by atoms with E-state index in [0.29, 0.717) is 29.6 Å². The highest BCUT2D eigenvalue weighted by atomic mass is 16.5. The lowest BCUT2D eigenvalue weighted by Crippen LogP contribution is -2.27. The molecule has 1 atom stereocenters. The standard InChI is InChI=1S/C21H27NO3/c1-14(2)13-25-19-11-10-17(12-20(19)24-5)21(23)22-16(4)18-9-7-6-8-15(18)3/h6-12,14,16H,13H2,1-5H3,(H,22,23). The quantitative estimate of drug-likeness (QED) is 0.805. The molecular weight excluding hydrogens is 314 g/mol. The number of benzene rings is 2. The first-order valence-electron chi connectivity index (χ1n) is 8.59. The number of carbonyl (C=O) groups is 1. The molecule has 1 unspecified atom stereocenters. The Kier molecular flexibility index (Phi) is 6.45. The van der Waals surface area contributed by atoms with Crippen molar-refractivity contribution < 1.29 is 14.3 Å². The van der Waals surface area contributed by atoms with Crippen LogP contribution in [0.5, 0.6) is 11.5 Å². The summed E-state index contributed by atoms with van der Waals surface area (Å²) >= 11 is 0. The van der Waals surface area contributed by atoms with Crippen LogP contribution in [0, 0.1) is 12.8 Å². The molecule has 0 heterocycles. The molecule has 4 heteroatoms. The Morgan fingerprint density at radius 1 is 1.08 bits per heavy atom. The van der Waals surface area contributed by atoms with Crippen molar-refractivity contribution in [2.45, 2.75) is 33.7 Å². The van der Waals surface area contributed by atoms with Gasteiger partial charge in [0.2, 0.25) is 0 Å². The number of ether oxygens (including phenoxy) is 2. The van der Waals surface area contributed by atoms with Gasteiger partial charge in [-0.25, -0.2) is 0 Å². The molecule has 0 saturated carbocycles. The van der Waals surface area contributed by atoms with Crippen molar-refractivity contribution in [2.75, 3.05) is 13.7 Å². The normalized spacial score (nSPS) is 11.9. The minimum Gasteiger partial charge on any atom is -0.493 e. The summed E-state index contributed by atoms with van der Waals surface area (Å²) in [4.78, 5) is 12.6. The van der Waals surface area contributed by atoms with Gasteiger partial charge in [-0.15, -0.1) is 0 Å². The van der Waals surface area contributed by atoms with Crippen LogP contribution in [0.15, 0.2) is 42.5 Å². The maximum absolute atomic E-state index is 12.6. The first-order valence-corrected chi connectivity index (χ1v) is 8.59. The molecule has 0 aliphatic rings. The van der Waals surface area contributed by atoms with Crippen LogP contribution < -0.4 is 14.8 Å². The molecule has 2 aromatic carbocycles. The zero-order valence-corrected chi connectivity index (χ0v) is 15.6. The molecule has 0 saturated heterocycles. The maximum atomic E-state index is 12.6. The van der Waals surface area contributed by atoms with E-state index in [9.17, 15) is 4.79 Å². The molecule has 1 amide bonds. The summed E-state index contributed by atoms with van der Waals surface area (Å²) in [5, 5.41) is 3.04. The minimum atomic E-state index is -0.135. The summed E-state index contributed by atoms with van der Waals surface area (Å²) in [5.41, 5.74) is 2.82. The third-order valence-electron chi connectivity index (χ3n) is 4.00. The summed E-state index contributed by atoms with van der Waals surface area (Å²) in [5.74, 6) is 1.50. The van der Waals surface area contributed by atoms with Crippen LogP contribution >= 0.6 is 0 Å². The Morgan fingerprint density at radius 3 is 2.44 bits per heavy atom. The van der Waals surface area contributed by atoms with Crippen LogP contribution in [0.2, 0.25) is 0 Å². The second-order valence-corrected chi connectivity index (χ2v) is 6.62. The fraction of sp³-hybridized carbons (Fsp3) is 0.381. The molecule has 134 valence electrons. The van der Waals surface area contributed by atoms with Gasteiger partial charge in [0, 0.05) is 5.56 Å². The Bertz CT molecular complexity index is 725. The molecule has 0 radical (unpaired) electrons. The molecule has 0 aliphatic carbocycles. The predicted octanol–water partition coefficient (Wildman–Crippen LogP) is 4.53. The topological polar surface area (TPSA) is 47.6 Å². The van der Waals surface area contributed by atoms with E-state index >= 15 is 0 Å². The first-order chi connectivity index (χ1) is 11.9. The van der Waals surface area contributed by atoms with Crippen LogP contribution in [0.3, 0.4) is 0 Å². The zero-order chi connectivity index (χ0) is 18.4. The number of carbonyl (C=O) groups excluding carboxylic acids is 1. The Morgan fingerprint density at radius 2 is 1.80 bits per heavy atom. The Balaban J connectivity index is 2.12. The fourth-order valence-electron chi connectivity index (χ4n) is 2.61. The second kappa shape index (κ2) is 8.56. The average Bonchev–Trinajstić information content (AvgIpc) is 2.59. The highest BCUT2D eigenvalue weighted by Crippen LogP contribution is 2.29. The second-order valence-electron chi connectivity index (χ2n) is 6.62. The molecule has 2 aromatic rings. The van der Waals surface area contributed by atoms with E-state index in [2.05, 4.69) is 19.2 Å². The summed E-state index contributed by atoms with van der Waals surface area (Å²) in [6.07, 6.45) is 0. The smallest absolute Gasteiger partial charge is 0.251 e. The lowest BCUT2D eigenvalue weighted by Gasteiger charge is -2.17. The molecular formula is C21H27NO3. The van der Waals surface area contributed by atoms with Gasteiger partial charge in [0.25, 0.3) is 5.91 Å². The van der Waals surface area contributed by atoms with E-state index in [-0.39, 0.29) is 11.9 Å². The number of aryl methyl sites for hydroxylation is 1. The zero-order valence-electron chi connectivity index (χ0n) is 15.6. The van der Waals surface area contributed by atoms with Crippen molar-refractivity contribution in [3.8, 4) is 11.5 Å². The van der Waals surface area contributed by atoms with Crippen molar-refractivity contribution >= 4 is 5.91 Å². The molecule has 0 spiro atoms. The summed E-state index contributed by atoms with van der Waals surface area (Å²) in [6, 6.07) is 13.2. The molecule has 1 N–H and O–H groups in total. The van der Waals surface area contributed by atoms with Crippen LogP contribution in [-0.4, -0.2) is 19.6 Å². The number of rotatable bonds is 7. The van der Waals surface area contributed by atoms with Crippen molar-refractivity contribution in [3.63, 3.8) is 0 Å². The molecule has 0 aromatic heterocycles. The third kappa shape index (κ3) is 4.99. The van der Waals surface area contributed by atoms with Gasteiger partial charge >= 0.3 is 0 Å². The molecule has 0 fully saturated rings. The number of hydrogen-bond donors (Lipinski definition) is 1. The molecule has 4 nitrogen and oxygen atoms in total.